The first kappa shape index (κ1) is 17.3. The lowest BCUT2D eigenvalue weighted by Crippen LogP contribution is -2.33. The summed E-state index contributed by atoms with van der Waals surface area (Å²) in [5.41, 5.74) is 2.00. The van der Waals surface area contributed by atoms with Gasteiger partial charge >= 0.3 is 5.97 Å². The summed E-state index contributed by atoms with van der Waals surface area (Å²) in [5, 5.41) is 1.64. The first-order valence-electron chi connectivity index (χ1n) is 7.97. The number of ether oxygens (including phenoxy) is 1. The molecular formula is C19H13Cl2NO3S. The minimum absolute atomic E-state index is 0.247. The third kappa shape index (κ3) is 3.07. The number of benzene rings is 2. The van der Waals surface area contributed by atoms with Gasteiger partial charge in [0, 0.05) is 27.3 Å². The summed E-state index contributed by atoms with van der Waals surface area (Å²) >= 11 is 13.5. The highest BCUT2D eigenvalue weighted by Crippen LogP contribution is 2.37. The molecule has 1 aliphatic rings. The molecule has 1 aromatic heterocycles. The third-order valence-corrected chi connectivity index (χ3v) is 6.16. The topological polar surface area (TPSA) is 46.6 Å². The number of carbonyl (C=O) groups excluding carboxylic acids is 2. The maximum atomic E-state index is 12.4. The van der Waals surface area contributed by atoms with Gasteiger partial charge in [0.15, 0.2) is 6.61 Å². The fourth-order valence-corrected chi connectivity index (χ4v) is 4.72. The maximum absolute atomic E-state index is 12.4. The van der Waals surface area contributed by atoms with Crippen LogP contribution in [0, 0.1) is 0 Å². The maximum Gasteiger partial charge on any atom is 0.350 e. The Labute approximate surface area is 163 Å². The molecule has 0 saturated heterocycles. The molecule has 3 aromatic rings. The Morgan fingerprint density at radius 1 is 1.15 bits per heavy atom. The van der Waals surface area contributed by atoms with Crippen molar-refractivity contribution >= 4 is 62.2 Å². The molecule has 0 spiro atoms. The fourth-order valence-electron chi connectivity index (χ4n) is 3.04. The Balaban J connectivity index is 1.48. The van der Waals surface area contributed by atoms with Crippen LogP contribution in [-0.2, 0) is 16.0 Å². The van der Waals surface area contributed by atoms with Crippen molar-refractivity contribution in [2.75, 3.05) is 18.1 Å². The number of nitrogens with zero attached hydrogens (tertiary/aromatic N) is 1. The molecule has 132 valence electrons. The van der Waals surface area contributed by atoms with Gasteiger partial charge < -0.3 is 9.64 Å². The predicted octanol–water partition coefficient (Wildman–Crippen LogP) is 4.95. The molecule has 0 unspecified atom stereocenters. The van der Waals surface area contributed by atoms with E-state index in [1.165, 1.54) is 11.3 Å². The zero-order valence-electron chi connectivity index (χ0n) is 13.5. The van der Waals surface area contributed by atoms with Crippen molar-refractivity contribution in [1.29, 1.82) is 0 Å². The Kier molecular flexibility index (Phi) is 4.61. The van der Waals surface area contributed by atoms with Gasteiger partial charge in [0.25, 0.3) is 5.91 Å². The number of para-hydroxylation sites is 1. The van der Waals surface area contributed by atoms with Gasteiger partial charge in [-0.1, -0.05) is 47.5 Å². The summed E-state index contributed by atoms with van der Waals surface area (Å²) in [7, 11) is 0. The van der Waals surface area contributed by atoms with Crippen LogP contribution in [0.4, 0.5) is 5.69 Å². The Bertz CT molecular complexity index is 1030. The van der Waals surface area contributed by atoms with Crippen molar-refractivity contribution in [2.45, 2.75) is 6.42 Å². The van der Waals surface area contributed by atoms with Gasteiger partial charge in [-0.15, -0.1) is 11.3 Å². The number of carbonyl (C=O) groups is 2. The van der Waals surface area contributed by atoms with Crippen LogP contribution in [0.15, 0.2) is 42.5 Å². The lowest BCUT2D eigenvalue weighted by atomic mass is 10.2. The third-order valence-electron chi connectivity index (χ3n) is 4.29. The van der Waals surface area contributed by atoms with E-state index in [0.29, 0.717) is 16.6 Å². The normalized spacial score (nSPS) is 13.1. The predicted molar refractivity (Wildman–Crippen MR) is 105 cm³/mol. The van der Waals surface area contributed by atoms with Crippen molar-refractivity contribution in [3.05, 3.63) is 63.0 Å². The number of anilines is 1. The largest absolute Gasteiger partial charge is 0.451 e. The summed E-state index contributed by atoms with van der Waals surface area (Å²) < 4.78 is 6.02. The molecule has 26 heavy (non-hydrogen) atoms. The van der Waals surface area contributed by atoms with Gasteiger partial charge in [-0.05, 0) is 30.2 Å². The van der Waals surface area contributed by atoms with Crippen molar-refractivity contribution in [3.63, 3.8) is 0 Å². The van der Waals surface area contributed by atoms with Crippen molar-refractivity contribution in [2.24, 2.45) is 0 Å². The molecule has 4 rings (SSSR count). The van der Waals surface area contributed by atoms with Crippen molar-refractivity contribution in [3.8, 4) is 0 Å². The first-order valence-corrected chi connectivity index (χ1v) is 9.55. The van der Waals surface area contributed by atoms with Crippen LogP contribution < -0.4 is 4.90 Å². The smallest absolute Gasteiger partial charge is 0.350 e. The van der Waals surface area contributed by atoms with Gasteiger partial charge in [0.2, 0.25) is 0 Å². The summed E-state index contributed by atoms with van der Waals surface area (Å²) in [6.45, 7) is 0.274. The number of rotatable bonds is 3. The summed E-state index contributed by atoms with van der Waals surface area (Å²) in [6.07, 6.45) is 0.804. The van der Waals surface area contributed by atoms with Gasteiger partial charge in [0.1, 0.15) is 4.88 Å². The summed E-state index contributed by atoms with van der Waals surface area (Å²) in [6, 6.07) is 13.0. The standard InChI is InChI=1S/C19H13Cl2NO3S/c20-12-5-6-13-15(9-12)26-18(17(13)21)19(24)25-10-16(23)22-8-7-11-3-1-2-4-14(11)22/h1-6,9H,7-8,10H2. The fraction of sp³-hybridized carbons (Fsp3) is 0.158. The monoisotopic (exact) mass is 405 g/mol. The van der Waals surface area contributed by atoms with E-state index >= 15 is 0 Å². The van der Waals surface area contributed by atoms with Crippen LogP contribution in [0.2, 0.25) is 10.0 Å². The lowest BCUT2D eigenvalue weighted by Gasteiger charge is -2.17. The van der Waals surface area contributed by atoms with E-state index in [4.69, 9.17) is 27.9 Å². The average molecular weight is 406 g/mol. The first-order chi connectivity index (χ1) is 12.5. The van der Waals surface area contributed by atoms with Crippen molar-refractivity contribution < 1.29 is 14.3 Å². The van der Waals surface area contributed by atoms with E-state index in [0.717, 1.165) is 27.8 Å². The van der Waals surface area contributed by atoms with E-state index in [1.807, 2.05) is 24.3 Å². The SMILES string of the molecule is O=C(OCC(=O)N1CCc2ccccc21)c1sc2cc(Cl)ccc2c1Cl. The van der Waals surface area contributed by atoms with Gasteiger partial charge in [-0.25, -0.2) is 4.79 Å². The zero-order chi connectivity index (χ0) is 18.3. The van der Waals surface area contributed by atoms with Crippen LogP contribution in [0.1, 0.15) is 15.2 Å². The summed E-state index contributed by atoms with van der Waals surface area (Å²) in [5.74, 6) is -0.850. The molecule has 0 N–H and O–H groups in total. The van der Waals surface area contributed by atoms with Crippen LogP contribution in [-0.4, -0.2) is 25.0 Å². The minimum atomic E-state index is -0.604. The molecule has 0 bridgehead atoms. The average Bonchev–Trinajstić information content (AvgIpc) is 3.21. The van der Waals surface area contributed by atoms with E-state index in [1.54, 1.807) is 23.1 Å². The number of esters is 1. The molecule has 1 amide bonds. The highest BCUT2D eigenvalue weighted by atomic mass is 35.5. The molecule has 0 saturated carbocycles. The molecule has 0 atom stereocenters. The number of thiophene rings is 1. The number of amides is 1. The molecular weight excluding hydrogens is 393 g/mol. The van der Waals surface area contributed by atoms with E-state index in [-0.39, 0.29) is 17.4 Å². The lowest BCUT2D eigenvalue weighted by molar-refractivity contribution is -0.121. The molecule has 2 aromatic carbocycles. The Hall–Kier alpha value is -2.08. The summed E-state index contributed by atoms with van der Waals surface area (Å²) in [4.78, 5) is 26.8. The second kappa shape index (κ2) is 6.91. The van der Waals surface area contributed by atoms with Crippen LogP contribution >= 0.6 is 34.5 Å². The highest BCUT2D eigenvalue weighted by molar-refractivity contribution is 7.21. The van der Waals surface area contributed by atoms with Crippen molar-refractivity contribution in [1.82, 2.24) is 0 Å². The van der Waals surface area contributed by atoms with E-state index < -0.39 is 5.97 Å². The van der Waals surface area contributed by atoms with Crippen LogP contribution in [0.5, 0.6) is 0 Å². The molecule has 7 heteroatoms. The van der Waals surface area contributed by atoms with Gasteiger partial charge in [-0.2, -0.15) is 0 Å². The molecule has 0 radical (unpaired) electrons. The van der Waals surface area contributed by atoms with Gasteiger partial charge in [-0.3, -0.25) is 4.79 Å². The number of halogens is 2. The van der Waals surface area contributed by atoms with E-state index in [2.05, 4.69) is 0 Å². The highest BCUT2D eigenvalue weighted by Gasteiger charge is 2.26. The quantitative estimate of drug-likeness (QED) is 0.578. The number of hydrogen-bond donors (Lipinski definition) is 0. The number of hydrogen-bond acceptors (Lipinski definition) is 4. The van der Waals surface area contributed by atoms with Crippen LogP contribution in [0.25, 0.3) is 10.1 Å². The number of fused-ring (bicyclic) bond motifs is 2. The molecule has 1 aliphatic heterocycles. The zero-order valence-corrected chi connectivity index (χ0v) is 15.8. The second-order valence-corrected chi connectivity index (χ2v) is 7.75. The van der Waals surface area contributed by atoms with Crippen LogP contribution in [0.3, 0.4) is 0 Å². The van der Waals surface area contributed by atoms with E-state index in [9.17, 15) is 9.59 Å². The van der Waals surface area contributed by atoms with Gasteiger partial charge in [0.05, 0.1) is 5.02 Å². The Morgan fingerprint density at radius 2 is 1.96 bits per heavy atom. The second-order valence-electron chi connectivity index (χ2n) is 5.89. The Morgan fingerprint density at radius 3 is 2.81 bits per heavy atom. The molecule has 4 nitrogen and oxygen atoms in total. The molecule has 2 heterocycles. The molecule has 0 fully saturated rings. The molecule has 0 aliphatic carbocycles. The minimum Gasteiger partial charge on any atom is -0.451 e.